The molecule has 0 aliphatic rings. The summed E-state index contributed by atoms with van der Waals surface area (Å²) < 4.78 is 7.19. The van der Waals surface area contributed by atoms with Gasteiger partial charge in [-0.15, -0.1) is 0 Å². The van der Waals surface area contributed by atoms with Crippen LogP contribution in [0.2, 0.25) is 0 Å². The van der Waals surface area contributed by atoms with Crippen LogP contribution in [0.5, 0.6) is 5.75 Å². The molecule has 0 amide bonds. The lowest BCUT2D eigenvalue weighted by Crippen LogP contribution is -2.06. The Morgan fingerprint density at radius 1 is 1.29 bits per heavy atom. The third kappa shape index (κ3) is 2.58. The summed E-state index contributed by atoms with van der Waals surface area (Å²) in [6.07, 6.45) is 1.78. The lowest BCUT2D eigenvalue weighted by atomic mass is 10.2. The maximum atomic E-state index is 5.90. The lowest BCUT2D eigenvalue weighted by molar-refractivity contribution is 0.340. The minimum atomic E-state index is 0.685. The van der Waals surface area contributed by atoms with Crippen molar-refractivity contribution in [3.8, 4) is 5.75 Å². The summed E-state index contributed by atoms with van der Waals surface area (Å²) in [5, 5.41) is 4.23. The van der Waals surface area contributed by atoms with Crippen molar-refractivity contribution in [2.45, 2.75) is 20.4 Å². The molecule has 2 rings (SSSR count). The Labute approximate surface area is 101 Å². The Kier molecular flexibility index (Phi) is 3.32. The molecule has 0 bridgehead atoms. The van der Waals surface area contributed by atoms with Gasteiger partial charge in [-0.3, -0.25) is 0 Å². The highest BCUT2D eigenvalue weighted by molar-refractivity contribution is 5.38. The van der Waals surface area contributed by atoms with Gasteiger partial charge in [-0.1, -0.05) is 12.1 Å². The first-order valence-corrected chi connectivity index (χ1v) is 5.70. The zero-order chi connectivity index (χ0) is 12.3. The Morgan fingerprint density at radius 3 is 2.53 bits per heavy atom. The van der Waals surface area contributed by atoms with Crippen LogP contribution in [-0.4, -0.2) is 16.4 Å². The van der Waals surface area contributed by atoms with Gasteiger partial charge in [0, 0.05) is 5.56 Å². The average molecular weight is 231 g/mol. The van der Waals surface area contributed by atoms with Crippen molar-refractivity contribution in [2.24, 2.45) is 0 Å². The largest absolute Gasteiger partial charge is 0.494 e. The van der Waals surface area contributed by atoms with Crippen molar-refractivity contribution in [3.05, 3.63) is 41.6 Å². The maximum absolute atomic E-state index is 5.90. The van der Waals surface area contributed by atoms with Crippen LogP contribution in [0.25, 0.3) is 0 Å². The Bertz CT molecular complexity index is 488. The van der Waals surface area contributed by atoms with Crippen LogP contribution in [0, 0.1) is 6.92 Å². The molecule has 4 heteroatoms. The second-order valence-corrected chi connectivity index (χ2v) is 3.95. The number of nitrogen functional groups attached to an aromatic ring is 1. The van der Waals surface area contributed by atoms with E-state index >= 15 is 0 Å². The third-order valence-corrected chi connectivity index (χ3v) is 2.64. The van der Waals surface area contributed by atoms with Crippen molar-refractivity contribution in [3.63, 3.8) is 0 Å². The molecule has 0 unspecified atom stereocenters. The topological polar surface area (TPSA) is 53.1 Å². The van der Waals surface area contributed by atoms with Gasteiger partial charge < -0.3 is 10.5 Å². The monoisotopic (exact) mass is 231 g/mol. The first-order valence-electron chi connectivity index (χ1n) is 5.70. The molecule has 0 saturated heterocycles. The van der Waals surface area contributed by atoms with Gasteiger partial charge in [-0.25, -0.2) is 4.68 Å². The van der Waals surface area contributed by atoms with E-state index in [1.807, 2.05) is 38.1 Å². The summed E-state index contributed by atoms with van der Waals surface area (Å²) in [6.45, 7) is 5.30. The summed E-state index contributed by atoms with van der Waals surface area (Å²) in [4.78, 5) is 0. The van der Waals surface area contributed by atoms with Crippen LogP contribution in [0.3, 0.4) is 0 Å². The van der Waals surface area contributed by atoms with Crippen LogP contribution in [0.15, 0.2) is 30.5 Å². The van der Waals surface area contributed by atoms with E-state index in [1.165, 1.54) is 0 Å². The number of nitrogens with zero attached hydrogens (tertiary/aromatic N) is 2. The quantitative estimate of drug-likeness (QED) is 0.877. The highest BCUT2D eigenvalue weighted by Gasteiger charge is 2.03. The number of anilines is 1. The van der Waals surface area contributed by atoms with Gasteiger partial charge in [0.2, 0.25) is 0 Å². The number of nitrogens with two attached hydrogens (primary N) is 1. The van der Waals surface area contributed by atoms with Crippen molar-refractivity contribution >= 4 is 5.82 Å². The first-order chi connectivity index (χ1) is 8.20. The molecule has 0 saturated carbocycles. The predicted molar refractivity (Wildman–Crippen MR) is 68.1 cm³/mol. The van der Waals surface area contributed by atoms with Gasteiger partial charge >= 0.3 is 0 Å². The van der Waals surface area contributed by atoms with E-state index in [-0.39, 0.29) is 0 Å². The Hall–Kier alpha value is -1.97. The molecule has 0 aliphatic heterocycles. The summed E-state index contributed by atoms with van der Waals surface area (Å²) in [5.74, 6) is 1.61. The van der Waals surface area contributed by atoms with Crippen LogP contribution in [-0.2, 0) is 6.54 Å². The van der Waals surface area contributed by atoms with Crippen LogP contribution in [0.1, 0.15) is 18.1 Å². The molecular formula is C13H17N3O. The van der Waals surface area contributed by atoms with Gasteiger partial charge in [0.25, 0.3) is 0 Å². The standard InChI is InChI=1S/C13H17N3O/c1-3-17-12-6-4-11(5-7-12)9-16-13(14)10(2)8-15-16/h4-8H,3,9,14H2,1-2H3. The lowest BCUT2D eigenvalue weighted by Gasteiger charge is -2.06. The third-order valence-electron chi connectivity index (χ3n) is 2.64. The molecule has 1 aromatic carbocycles. The second-order valence-electron chi connectivity index (χ2n) is 3.95. The molecule has 2 N–H and O–H groups in total. The summed E-state index contributed by atoms with van der Waals surface area (Å²) in [5.41, 5.74) is 8.07. The number of aryl methyl sites for hydroxylation is 1. The number of aromatic nitrogens is 2. The van der Waals surface area contributed by atoms with E-state index in [9.17, 15) is 0 Å². The van der Waals surface area contributed by atoms with Gasteiger partial charge in [0.1, 0.15) is 11.6 Å². The van der Waals surface area contributed by atoms with E-state index in [2.05, 4.69) is 5.10 Å². The first kappa shape index (κ1) is 11.5. The fourth-order valence-electron chi connectivity index (χ4n) is 1.64. The van der Waals surface area contributed by atoms with Crippen molar-refractivity contribution in [1.29, 1.82) is 0 Å². The fraction of sp³-hybridized carbons (Fsp3) is 0.308. The molecule has 1 heterocycles. The van der Waals surface area contributed by atoms with Crippen molar-refractivity contribution in [2.75, 3.05) is 12.3 Å². The molecule has 17 heavy (non-hydrogen) atoms. The molecule has 1 aromatic heterocycles. The zero-order valence-electron chi connectivity index (χ0n) is 10.2. The molecule has 0 atom stereocenters. The number of benzene rings is 1. The average Bonchev–Trinajstić information content (AvgIpc) is 2.64. The summed E-state index contributed by atoms with van der Waals surface area (Å²) >= 11 is 0. The van der Waals surface area contributed by atoms with E-state index in [4.69, 9.17) is 10.5 Å². The molecule has 90 valence electrons. The van der Waals surface area contributed by atoms with Gasteiger partial charge in [-0.05, 0) is 31.5 Å². The summed E-state index contributed by atoms with van der Waals surface area (Å²) in [7, 11) is 0. The van der Waals surface area contributed by atoms with E-state index in [0.717, 1.165) is 22.7 Å². The number of rotatable bonds is 4. The summed E-state index contributed by atoms with van der Waals surface area (Å²) in [6, 6.07) is 7.99. The fourth-order valence-corrected chi connectivity index (χ4v) is 1.64. The number of ether oxygens (including phenoxy) is 1. The normalized spacial score (nSPS) is 10.5. The minimum Gasteiger partial charge on any atom is -0.494 e. The SMILES string of the molecule is CCOc1ccc(Cn2ncc(C)c2N)cc1. The van der Waals surface area contributed by atoms with Crippen LogP contribution in [0.4, 0.5) is 5.82 Å². The smallest absolute Gasteiger partial charge is 0.124 e. The number of hydrogen-bond acceptors (Lipinski definition) is 3. The molecule has 2 aromatic rings. The Morgan fingerprint density at radius 2 is 2.00 bits per heavy atom. The van der Waals surface area contributed by atoms with Gasteiger partial charge in [0.15, 0.2) is 0 Å². The van der Waals surface area contributed by atoms with Crippen LogP contribution >= 0.6 is 0 Å². The van der Waals surface area contributed by atoms with E-state index in [1.54, 1.807) is 10.9 Å². The van der Waals surface area contributed by atoms with Crippen molar-refractivity contribution in [1.82, 2.24) is 9.78 Å². The zero-order valence-corrected chi connectivity index (χ0v) is 10.2. The van der Waals surface area contributed by atoms with Crippen molar-refractivity contribution < 1.29 is 4.74 Å². The highest BCUT2D eigenvalue weighted by atomic mass is 16.5. The molecular weight excluding hydrogens is 214 g/mol. The molecule has 0 radical (unpaired) electrons. The van der Waals surface area contributed by atoms with E-state index in [0.29, 0.717) is 13.2 Å². The maximum Gasteiger partial charge on any atom is 0.124 e. The van der Waals surface area contributed by atoms with E-state index < -0.39 is 0 Å². The predicted octanol–water partition coefficient (Wildman–Crippen LogP) is 2.22. The molecule has 0 fully saturated rings. The van der Waals surface area contributed by atoms with Crippen LogP contribution < -0.4 is 10.5 Å². The molecule has 4 nitrogen and oxygen atoms in total. The van der Waals surface area contributed by atoms with Gasteiger partial charge in [0.05, 0.1) is 19.3 Å². The molecule has 0 aliphatic carbocycles. The molecule has 0 spiro atoms. The highest BCUT2D eigenvalue weighted by Crippen LogP contribution is 2.15. The number of hydrogen-bond donors (Lipinski definition) is 1. The Balaban J connectivity index is 2.11. The minimum absolute atomic E-state index is 0.685. The second kappa shape index (κ2) is 4.91. The van der Waals surface area contributed by atoms with Gasteiger partial charge in [-0.2, -0.15) is 5.10 Å².